The summed E-state index contributed by atoms with van der Waals surface area (Å²) < 4.78 is 46.5. The van der Waals surface area contributed by atoms with Gasteiger partial charge >= 0.3 is 22.6 Å². The summed E-state index contributed by atoms with van der Waals surface area (Å²) in [7, 11) is -2.39. The molecule has 18 nitrogen and oxygen atoms in total. The molecule has 0 bridgehead atoms. The van der Waals surface area contributed by atoms with E-state index in [0.29, 0.717) is 49.9 Å². The van der Waals surface area contributed by atoms with E-state index in [2.05, 4.69) is 30.7 Å². The second-order valence-electron chi connectivity index (χ2n) is 14.6. The highest BCUT2D eigenvalue weighted by molar-refractivity contribution is 7.82. The minimum absolute atomic E-state index is 0.135. The van der Waals surface area contributed by atoms with Crippen molar-refractivity contribution in [1.82, 2.24) is 20.4 Å². The van der Waals surface area contributed by atoms with Gasteiger partial charge in [-0.2, -0.15) is 0 Å². The van der Waals surface area contributed by atoms with Gasteiger partial charge in [0, 0.05) is 36.6 Å². The number of aryl methyl sites for hydroxylation is 2. The van der Waals surface area contributed by atoms with Gasteiger partial charge in [0.2, 0.25) is 23.6 Å². The SMILES string of the molecule is COC(=O)N[C@@H](C(=O)N1CCC[C@H]1C(=O)Nc1ccc(C)c(OS(=O)(=O)Oc2cc(NC(=O)[C@@H]3CCCN3C(=O)[C@H](NC(=O)OC)C(C)C)ccc2C)c1)C(C)C. The summed E-state index contributed by atoms with van der Waals surface area (Å²) in [4.78, 5) is 80.3. The van der Waals surface area contributed by atoms with Crippen LogP contribution in [-0.2, 0) is 39.1 Å². The molecule has 2 aliphatic heterocycles. The smallest absolute Gasteiger partial charge is 0.453 e. The zero-order valence-electron chi connectivity index (χ0n) is 33.4. The summed E-state index contributed by atoms with van der Waals surface area (Å²) in [6.07, 6.45) is 0.335. The van der Waals surface area contributed by atoms with E-state index in [1.165, 1.54) is 36.2 Å². The standard InChI is InChI=1S/C38H52N6O12S/c1-21(2)31(41-37(49)53-7)35(47)43-17-9-11-27(43)33(45)39-25-15-13-23(5)29(19-25)55-57(51,52)56-30-20-26(16-14-24(30)6)40-34(46)28-12-10-18-44(28)36(48)32(22(3)4)42-38(50)54-8/h13-16,19-22,27-28,31-32H,9-12,17-18H2,1-8H3,(H,39,45)(H,40,46)(H,41,49)(H,42,50)/t27-,28-,31+,32+/m0/s1. The van der Waals surface area contributed by atoms with Gasteiger partial charge in [-0.3, -0.25) is 19.2 Å². The first kappa shape index (κ1) is 44.1. The maximum Gasteiger partial charge on any atom is 0.501 e. The van der Waals surface area contributed by atoms with E-state index in [-0.39, 0.29) is 34.7 Å². The Bertz CT molecular complexity index is 1820. The molecule has 6 amide bonds. The lowest BCUT2D eigenvalue weighted by Crippen LogP contribution is -2.54. The number of methoxy groups -OCH3 is 2. The number of anilines is 2. The predicted molar refractivity (Wildman–Crippen MR) is 208 cm³/mol. The molecule has 0 aromatic heterocycles. The number of nitrogens with zero attached hydrogens (tertiary/aromatic N) is 2. The van der Waals surface area contributed by atoms with Crippen molar-refractivity contribution in [3.05, 3.63) is 47.5 Å². The molecule has 0 radical (unpaired) electrons. The van der Waals surface area contributed by atoms with Crippen LogP contribution in [0.15, 0.2) is 36.4 Å². The van der Waals surface area contributed by atoms with Gasteiger partial charge in [0.05, 0.1) is 14.2 Å². The summed E-state index contributed by atoms with van der Waals surface area (Å²) in [5.41, 5.74) is 1.21. The average Bonchev–Trinajstić information content (AvgIpc) is 3.85. The highest BCUT2D eigenvalue weighted by Gasteiger charge is 2.40. The molecule has 2 heterocycles. The van der Waals surface area contributed by atoms with Gasteiger partial charge < -0.3 is 48.9 Å². The third kappa shape index (κ3) is 11.3. The Morgan fingerprint density at radius 3 is 1.35 bits per heavy atom. The first-order chi connectivity index (χ1) is 26.8. The quantitative estimate of drug-likeness (QED) is 0.214. The molecule has 0 aliphatic carbocycles. The number of rotatable bonds is 14. The fourth-order valence-corrected chi connectivity index (χ4v) is 7.42. The summed E-state index contributed by atoms with van der Waals surface area (Å²) in [6, 6.07) is 5.31. The Kier molecular flexibility index (Phi) is 14.7. The monoisotopic (exact) mass is 816 g/mol. The topological polar surface area (TPSA) is 228 Å². The fourth-order valence-electron chi connectivity index (χ4n) is 6.59. The lowest BCUT2D eigenvalue weighted by molar-refractivity contribution is -0.139. The van der Waals surface area contributed by atoms with Crippen molar-refractivity contribution in [2.45, 2.75) is 91.4 Å². The molecule has 4 rings (SSSR count). The molecular weight excluding hydrogens is 765 g/mol. The Morgan fingerprint density at radius 1 is 0.649 bits per heavy atom. The summed E-state index contributed by atoms with van der Waals surface area (Å²) in [5, 5.41) is 10.5. The number of likely N-dealkylation sites (tertiary alicyclic amines) is 2. The van der Waals surface area contributed by atoms with Crippen LogP contribution >= 0.6 is 0 Å². The van der Waals surface area contributed by atoms with Crippen LogP contribution in [-0.4, -0.2) is 106 Å². The number of hydrogen-bond acceptors (Lipinski definition) is 12. The van der Waals surface area contributed by atoms with E-state index in [0.717, 1.165) is 0 Å². The summed E-state index contributed by atoms with van der Waals surface area (Å²) in [6.45, 7) is 10.9. The van der Waals surface area contributed by atoms with Crippen LogP contribution in [0.5, 0.6) is 11.5 Å². The van der Waals surface area contributed by atoms with E-state index in [1.54, 1.807) is 65.8 Å². The van der Waals surface area contributed by atoms with Crippen LogP contribution in [0.25, 0.3) is 0 Å². The number of alkyl carbamates (subject to hydrolysis) is 2. The summed E-state index contributed by atoms with van der Waals surface area (Å²) >= 11 is 0. The van der Waals surface area contributed by atoms with Gasteiger partial charge in [0.1, 0.15) is 24.2 Å². The van der Waals surface area contributed by atoms with Crippen LogP contribution in [0, 0.1) is 25.7 Å². The second kappa shape index (κ2) is 19.0. The molecular formula is C38H52N6O12S. The zero-order valence-corrected chi connectivity index (χ0v) is 34.2. The van der Waals surface area contributed by atoms with Crippen molar-refractivity contribution in [2.75, 3.05) is 37.9 Å². The van der Waals surface area contributed by atoms with Gasteiger partial charge in [-0.15, -0.1) is 8.42 Å². The minimum Gasteiger partial charge on any atom is -0.453 e. The molecule has 4 atom stereocenters. The van der Waals surface area contributed by atoms with Crippen molar-refractivity contribution in [2.24, 2.45) is 11.8 Å². The van der Waals surface area contributed by atoms with E-state index in [4.69, 9.17) is 8.37 Å². The molecule has 312 valence electrons. The number of carbonyl (C=O) groups is 6. The average molecular weight is 817 g/mol. The van der Waals surface area contributed by atoms with Crippen molar-refractivity contribution in [3.8, 4) is 11.5 Å². The Hall–Kier alpha value is -5.59. The van der Waals surface area contributed by atoms with Gasteiger partial charge in [-0.1, -0.05) is 39.8 Å². The van der Waals surface area contributed by atoms with Gasteiger partial charge in [-0.05, 0) is 74.6 Å². The van der Waals surface area contributed by atoms with Crippen molar-refractivity contribution >= 4 is 57.6 Å². The van der Waals surface area contributed by atoms with Gasteiger partial charge in [-0.25, -0.2) is 9.59 Å². The molecule has 2 aromatic rings. The maximum atomic E-state index is 13.4. The Balaban J connectivity index is 1.43. The van der Waals surface area contributed by atoms with Crippen LogP contribution in [0.4, 0.5) is 21.0 Å². The molecule has 0 saturated carbocycles. The largest absolute Gasteiger partial charge is 0.501 e. The highest BCUT2D eigenvalue weighted by atomic mass is 32.3. The Morgan fingerprint density at radius 2 is 1.02 bits per heavy atom. The van der Waals surface area contributed by atoms with Crippen molar-refractivity contribution in [1.29, 1.82) is 0 Å². The van der Waals surface area contributed by atoms with Crippen LogP contribution in [0.3, 0.4) is 0 Å². The molecule has 2 aliphatic rings. The van der Waals surface area contributed by atoms with Crippen LogP contribution in [0.2, 0.25) is 0 Å². The first-order valence-electron chi connectivity index (χ1n) is 18.6. The first-order valence-corrected chi connectivity index (χ1v) is 20.0. The molecule has 57 heavy (non-hydrogen) atoms. The maximum absolute atomic E-state index is 13.4. The number of hydrogen-bond donors (Lipinski definition) is 4. The predicted octanol–water partition coefficient (Wildman–Crippen LogP) is 3.63. The minimum atomic E-state index is -4.78. The molecule has 2 saturated heterocycles. The third-order valence-corrected chi connectivity index (χ3v) is 10.5. The molecule has 2 aromatic carbocycles. The molecule has 19 heteroatoms. The molecule has 2 fully saturated rings. The highest BCUT2D eigenvalue weighted by Crippen LogP contribution is 2.30. The normalized spacial score (nSPS) is 17.7. The number of carbonyl (C=O) groups excluding carboxylic acids is 6. The fraction of sp³-hybridized carbons (Fsp3) is 0.526. The number of nitrogens with one attached hydrogen (secondary N) is 4. The van der Waals surface area contributed by atoms with Gasteiger partial charge in [0.25, 0.3) is 0 Å². The molecule has 4 N–H and O–H groups in total. The molecule has 0 spiro atoms. The van der Waals surface area contributed by atoms with Crippen molar-refractivity contribution < 1.29 is 55.0 Å². The molecule has 0 unspecified atom stereocenters. The second-order valence-corrected chi connectivity index (χ2v) is 15.8. The van der Waals surface area contributed by atoms with E-state index >= 15 is 0 Å². The summed E-state index contributed by atoms with van der Waals surface area (Å²) in [5.74, 6) is -2.71. The van der Waals surface area contributed by atoms with Gasteiger partial charge in [0.15, 0.2) is 11.5 Å². The number of benzene rings is 2. The van der Waals surface area contributed by atoms with Crippen molar-refractivity contribution in [3.63, 3.8) is 0 Å². The lowest BCUT2D eigenvalue weighted by Gasteiger charge is -2.30. The van der Waals surface area contributed by atoms with E-state index in [9.17, 15) is 37.2 Å². The van der Waals surface area contributed by atoms with E-state index in [1.807, 2.05) is 0 Å². The number of amides is 6. The van der Waals surface area contributed by atoms with Crippen LogP contribution in [0.1, 0.15) is 64.5 Å². The third-order valence-electron chi connectivity index (χ3n) is 9.76. The number of ether oxygens (including phenoxy) is 2. The lowest BCUT2D eigenvalue weighted by atomic mass is 10.0. The Labute approximate surface area is 332 Å². The van der Waals surface area contributed by atoms with Crippen LogP contribution < -0.4 is 29.6 Å². The van der Waals surface area contributed by atoms with E-state index < -0.39 is 70.4 Å². The zero-order chi connectivity index (χ0) is 42.2.